The van der Waals surface area contributed by atoms with Crippen LogP contribution in [0.15, 0.2) is 21.7 Å². The lowest BCUT2D eigenvalue weighted by atomic mass is 10.2. The van der Waals surface area contributed by atoms with E-state index in [9.17, 15) is 9.59 Å². The van der Waals surface area contributed by atoms with Crippen molar-refractivity contribution in [1.82, 2.24) is 10.3 Å². The highest BCUT2D eigenvalue weighted by Crippen LogP contribution is 2.36. The summed E-state index contributed by atoms with van der Waals surface area (Å²) in [5.41, 5.74) is 0.719. The molecule has 1 fully saturated rings. The van der Waals surface area contributed by atoms with Crippen molar-refractivity contribution in [3.8, 4) is 11.5 Å². The van der Waals surface area contributed by atoms with Gasteiger partial charge in [-0.25, -0.2) is 9.80 Å². The van der Waals surface area contributed by atoms with Gasteiger partial charge < -0.3 is 9.47 Å². The molecule has 19 heavy (non-hydrogen) atoms. The minimum absolute atomic E-state index is 0.0719. The monoisotopic (exact) mass is 325 g/mol. The van der Waals surface area contributed by atoms with Crippen molar-refractivity contribution in [3.05, 3.63) is 22.2 Å². The summed E-state index contributed by atoms with van der Waals surface area (Å²) in [4.78, 5) is 22.3. The van der Waals surface area contributed by atoms with Crippen molar-refractivity contribution >= 4 is 34.1 Å². The van der Waals surface area contributed by atoms with Gasteiger partial charge in [0, 0.05) is 10.0 Å². The van der Waals surface area contributed by atoms with Crippen molar-refractivity contribution < 1.29 is 19.1 Å². The maximum Gasteiger partial charge on any atom is 0.344 e. The van der Waals surface area contributed by atoms with Gasteiger partial charge in [0.15, 0.2) is 11.5 Å². The number of imide groups is 1. The van der Waals surface area contributed by atoms with Gasteiger partial charge in [0.1, 0.15) is 6.54 Å². The number of nitrogens with zero attached hydrogens (tertiary/aromatic N) is 2. The van der Waals surface area contributed by atoms with Gasteiger partial charge in [-0.15, -0.1) is 0 Å². The summed E-state index contributed by atoms with van der Waals surface area (Å²) in [6.07, 6.45) is 1.48. The molecule has 8 heteroatoms. The van der Waals surface area contributed by atoms with E-state index in [4.69, 9.17) is 9.47 Å². The molecular formula is C11H8BrN3O4. The van der Waals surface area contributed by atoms with Crippen LogP contribution in [0.2, 0.25) is 0 Å². The van der Waals surface area contributed by atoms with E-state index in [2.05, 4.69) is 26.3 Å². The van der Waals surface area contributed by atoms with Crippen LogP contribution in [-0.4, -0.2) is 36.5 Å². The first-order valence-electron chi connectivity index (χ1n) is 5.38. The molecule has 7 nitrogen and oxygen atoms in total. The van der Waals surface area contributed by atoms with E-state index in [1.54, 1.807) is 12.1 Å². The molecule has 1 saturated heterocycles. The first-order chi connectivity index (χ1) is 9.13. The van der Waals surface area contributed by atoms with Gasteiger partial charge in [-0.05, 0) is 28.1 Å². The summed E-state index contributed by atoms with van der Waals surface area (Å²) in [5, 5.41) is 7.15. The smallest absolute Gasteiger partial charge is 0.344 e. The lowest BCUT2D eigenvalue weighted by Crippen LogP contribution is -2.24. The summed E-state index contributed by atoms with van der Waals surface area (Å²) >= 11 is 3.37. The van der Waals surface area contributed by atoms with Crippen molar-refractivity contribution in [2.45, 2.75) is 0 Å². The zero-order chi connectivity index (χ0) is 13.4. The van der Waals surface area contributed by atoms with Crippen LogP contribution in [0.4, 0.5) is 4.79 Å². The topological polar surface area (TPSA) is 80.2 Å². The van der Waals surface area contributed by atoms with Crippen molar-refractivity contribution in [3.63, 3.8) is 0 Å². The lowest BCUT2D eigenvalue weighted by molar-refractivity contribution is -0.118. The number of hydrogen-bond acceptors (Lipinski definition) is 5. The Morgan fingerprint density at radius 3 is 2.74 bits per heavy atom. The van der Waals surface area contributed by atoms with Crippen LogP contribution in [-0.2, 0) is 4.79 Å². The van der Waals surface area contributed by atoms with Gasteiger partial charge in [0.05, 0.1) is 6.21 Å². The number of rotatable bonds is 2. The summed E-state index contributed by atoms with van der Waals surface area (Å²) in [6, 6.07) is 2.98. The van der Waals surface area contributed by atoms with Gasteiger partial charge in [0.2, 0.25) is 12.7 Å². The highest BCUT2D eigenvalue weighted by atomic mass is 79.9. The maximum absolute atomic E-state index is 11.3. The molecule has 2 aliphatic rings. The first-order valence-corrected chi connectivity index (χ1v) is 6.17. The molecule has 3 rings (SSSR count). The molecule has 1 N–H and O–H groups in total. The average Bonchev–Trinajstić information content (AvgIpc) is 2.92. The van der Waals surface area contributed by atoms with Gasteiger partial charge in [-0.1, -0.05) is 0 Å². The average molecular weight is 326 g/mol. The van der Waals surface area contributed by atoms with Crippen molar-refractivity contribution in [1.29, 1.82) is 0 Å². The summed E-state index contributed by atoms with van der Waals surface area (Å²) in [6.45, 7) is 0.114. The van der Waals surface area contributed by atoms with Crippen LogP contribution in [0.5, 0.6) is 11.5 Å². The van der Waals surface area contributed by atoms with E-state index in [0.29, 0.717) is 11.5 Å². The fraction of sp³-hybridized carbons (Fsp3) is 0.182. The molecule has 1 aromatic carbocycles. The Balaban J connectivity index is 1.83. The number of urea groups is 1. The molecule has 0 bridgehead atoms. The van der Waals surface area contributed by atoms with Crippen LogP contribution < -0.4 is 14.8 Å². The van der Waals surface area contributed by atoms with Gasteiger partial charge in [-0.3, -0.25) is 10.1 Å². The highest BCUT2D eigenvalue weighted by Gasteiger charge is 2.26. The zero-order valence-corrected chi connectivity index (χ0v) is 11.1. The van der Waals surface area contributed by atoms with Crippen LogP contribution in [0.3, 0.4) is 0 Å². The number of carbonyl (C=O) groups is 2. The lowest BCUT2D eigenvalue weighted by Gasteiger charge is -2.05. The van der Waals surface area contributed by atoms with Crippen molar-refractivity contribution in [2.75, 3.05) is 13.3 Å². The number of hydrogen-bond donors (Lipinski definition) is 1. The van der Waals surface area contributed by atoms with Crippen LogP contribution in [0, 0.1) is 0 Å². The second kappa shape index (κ2) is 4.54. The quantitative estimate of drug-likeness (QED) is 0.651. The second-order valence-electron chi connectivity index (χ2n) is 3.88. The molecule has 0 unspecified atom stereocenters. The number of hydrazone groups is 1. The minimum Gasteiger partial charge on any atom is -0.454 e. The molecule has 1 aromatic rings. The Morgan fingerprint density at radius 1 is 1.32 bits per heavy atom. The van der Waals surface area contributed by atoms with Crippen LogP contribution in [0.1, 0.15) is 5.56 Å². The normalized spacial score (nSPS) is 17.4. The summed E-state index contributed by atoms with van der Waals surface area (Å²) in [5.74, 6) is 0.900. The molecule has 0 saturated carbocycles. The number of halogens is 1. The van der Waals surface area contributed by atoms with Crippen LogP contribution >= 0.6 is 15.9 Å². The number of benzene rings is 1. The number of carbonyl (C=O) groups excluding carboxylic acids is 2. The van der Waals surface area contributed by atoms with E-state index in [1.165, 1.54) is 6.21 Å². The molecule has 2 aliphatic heterocycles. The molecule has 0 atom stereocenters. The summed E-state index contributed by atoms with van der Waals surface area (Å²) < 4.78 is 11.2. The van der Waals surface area contributed by atoms with E-state index >= 15 is 0 Å². The zero-order valence-electron chi connectivity index (χ0n) is 9.55. The molecule has 0 aromatic heterocycles. The molecule has 0 spiro atoms. The van der Waals surface area contributed by atoms with E-state index < -0.39 is 6.03 Å². The van der Waals surface area contributed by atoms with E-state index in [-0.39, 0.29) is 19.2 Å². The largest absolute Gasteiger partial charge is 0.454 e. The van der Waals surface area contributed by atoms with E-state index in [1.807, 2.05) is 0 Å². The molecular weight excluding hydrogens is 318 g/mol. The Kier molecular flexibility index (Phi) is 2.86. The third-order valence-corrected chi connectivity index (χ3v) is 3.29. The molecule has 0 radical (unpaired) electrons. The third-order valence-electron chi connectivity index (χ3n) is 2.60. The fourth-order valence-electron chi connectivity index (χ4n) is 1.69. The molecule has 0 aliphatic carbocycles. The number of amides is 3. The van der Waals surface area contributed by atoms with Crippen molar-refractivity contribution in [2.24, 2.45) is 5.10 Å². The maximum atomic E-state index is 11.3. The standard InChI is InChI=1S/C11H8BrN3O4/c12-7-2-9-8(18-5-19-9)1-6(7)3-13-15-4-10(16)14-11(15)17/h1-3H,4-5H2,(H,14,16,17)/b13-3-. The Hall–Kier alpha value is -2.09. The molecule has 3 amide bonds. The highest BCUT2D eigenvalue weighted by molar-refractivity contribution is 9.10. The van der Waals surface area contributed by atoms with Gasteiger partial charge >= 0.3 is 6.03 Å². The predicted octanol–water partition coefficient (Wildman–Crippen LogP) is 1.06. The predicted molar refractivity (Wildman–Crippen MR) is 68.1 cm³/mol. The molecule has 98 valence electrons. The number of nitrogens with one attached hydrogen (secondary N) is 1. The number of ether oxygens (including phenoxy) is 2. The minimum atomic E-state index is -0.530. The van der Waals surface area contributed by atoms with E-state index in [0.717, 1.165) is 15.0 Å². The Labute approximate surface area is 116 Å². The third kappa shape index (κ3) is 2.26. The Morgan fingerprint density at radius 2 is 2.05 bits per heavy atom. The molecule has 2 heterocycles. The SMILES string of the molecule is O=C1CN(/N=C\c2cc3c(cc2Br)OCO3)C(=O)N1. The van der Waals surface area contributed by atoms with Crippen LogP contribution in [0.25, 0.3) is 0 Å². The number of fused-ring (bicyclic) bond motifs is 1. The second-order valence-corrected chi connectivity index (χ2v) is 4.74. The summed E-state index contributed by atoms with van der Waals surface area (Å²) in [7, 11) is 0. The Bertz CT molecular complexity index is 602. The first kappa shape index (κ1) is 12.0. The van der Waals surface area contributed by atoms with Gasteiger partial charge in [-0.2, -0.15) is 5.10 Å². The van der Waals surface area contributed by atoms with Gasteiger partial charge in [0.25, 0.3) is 0 Å². The fourth-order valence-corrected chi connectivity index (χ4v) is 2.11.